The number of ether oxygens (including phenoxy) is 1. The van der Waals surface area contributed by atoms with E-state index >= 15 is 0 Å². The van der Waals surface area contributed by atoms with E-state index < -0.39 is 0 Å². The Morgan fingerprint density at radius 2 is 1.76 bits per heavy atom. The molecule has 0 saturated carbocycles. The first-order valence-corrected chi connectivity index (χ1v) is 10.1. The number of quaternary nitrogens is 1. The summed E-state index contributed by atoms with van der Waals surface area (Å²) >= 11 is 0. The topological polar surface area (TPSA) is 54.3 Å². The van der Waals surface area contributed by atoms with Crippen molar-refractivity contribution in [1.82, 2.24) is 4.90 Å². The molecule has 0 aromatic heterocycles. The van der Waals surface area contributed by atoms with E-state index in [-0.39, 0.29) is 25.0 Å². The van der Waals surface area contributed by atoms with Crippen molar-refractivity contribution in [2.45, 2.75) is 0 Å². The largest absolute Gasteiger partial charge is 0.482 e. The molecule has 1 N–H and O–H groups in total. The first kappa shape index (κ1) is 19.2. The van der Waals surface area contributed by atoms with Crippen LogP contribution in [0.3, 0.4) is 0 Å². The number of carbonyl (C=O) groups excluding carboxylic acids is 2. The predicted molar refractivity (Wildman–Crippen MR) is 112 cm³/mol. The van der Waals surface area contributed by atoms with Crippen molar-refractivity contribution in [2.24, 2.45) is 0 Å². The van der Waals surface area contributed by atoms with Crippen LogP contribution in [0, 0.1) is 0 Å². The third-order valence-electron chi connectivity index (χ3n) is 5.44. The molecule has 2 aliphatic heterocycles. The van der Waals surface area contributed by atoms with Crippen LogP contribution in [-0.4, -0.2) is 62.6 Å². The molecule has 0 aliphatic carbocycles. The number of fused-ring (bicyclic) bond motifs is 1. The second kappa shape index (κ2) is 8.92. The summed E-state index contributed by atoms with van der Waals surface area (Å²) in [5, 5.41) is 0. The normalized spacial score (nSPS) is 17.3. The molecular formula is C23H26N3O3+. The van der Waals surface area contributed by atoms with Gasteiger partial charge in [-0.1, -0.05) is 48.5 Å². The number of nitrogens with one attached hydrogen (secondary N) is 1. The van der Waals surface area contributed by atoms with Crippen molar-refractivity contribution in [2.75, 3.05) is 50.8 Å². The zero-order valence-electron chi connectivity index (χ0n) is 16.4. The Morgan fingerprint density at radius 3 is 2.55 bits per heavy atom. The first-order chi connectivity index (χ1) is 14.2. The maximum atomic E-state index is 12.8. The number of hydrogen-bond acceptors (Lipinski definition) is 3. The number of amides is 2. The molecule has 150 valence electrons. The lowest BCUT2D eigenvalue weighted by atomic mass is 10.2. The van der Waals surface area contributed by atoms with Crippen LogP contribution < -0.4 is 14.5 Å². The lowest BCUT2D eigenvalue weighted by Crippen LogP contribution is -3.14. The summed E-state index contributed by atoms with van der Waals surface area (Å²) in [5.74, 6) is 0.473. The third-order valence-corrected chi connectivity index (χ3v) is 5.44. The molecule has 0 radical (unpaired) electrons. The van der Waals surface area contributed by atoms with Gasteiger partial charge in [0.05, 0.1) is 38.4 Å². The molecule has 29 heavy (non-hydrogen) atoms. The molecule has 6 heteroatoms. The van der Waals surface area contributed by atoms with Gasteiger partial charge in [-0.15, -0.1) is 0 Å². The minimum Gasteiger partial charge on any atom is -0.482 e. The van der Waals surface area contributed by atoms with Gasteiger partial charge < -0.3 is 14.5 Å². The van der Waals surface area contributed by atoms with E-state index in [1.807, 2.05) is 47.4 Å². The average molecular weight is 392 g/mol. The first-order valence-electron chi connectivity index (χ1n) is 10.1. The van der Waals surface area contributed by atoms with Gasteiger partial charge in [0, 0.05) is 0 Å². The van der Waals surface area contributed by atoms with E-state index in [4.69, 9.17) is 4.74 Å². The number of piperazine rings is 1. The summed E-state index contributed by atoms with van der Waals surface area (Å²) < 4.78 is 5.45. The summed E-state index contributed by atoms with van der Waals surface area (Å²) in [6.07, 6.45) is 4.34. The number of anilines is 1. The van der Waals surface area contributed by atoms with Crippen molar-refractivity contribution in [3.63, 3.8) is 0 Å². The Labute approximate surface area is 171 Å². The molecule has 2 amide bonds. The Morgan fingerprint density at radius 1 is 1.03 bits per heavy atom. The lowest BCUT2D eigenvalue weighted by molar-refractivity contribution is -0.898. The third kappa shape index (κ3) is 4.66. The minimum atomic E-state index is -0.174. The molecule has 0 atom stereocenters. The highest BCUT2D eigenvalue weighted by Crippen LogP contribution is 2.31. The molecule has 2 aromatic rings. The van der Waals surface area contributed by atoms with Gasteiger partial charge in [-0.3, -0.25) is 14.5 Å². The maximum Gasteiger partial charge on any atom is 0.265 e. The number of carbonyl (C=O) groups is 2. The van der Waals surface area contributed by atoms with Crippen LogP contribution in [0.4, 0.5) is 5.69 Å². The number of rotatable bonds is 5. The van der Waals surface area contributed by atoms with E-state index in [1.165, 1.54) is 10.5 Å². The van der Waals surface area contributed by atoms with Crippen molar-refractivity contribution in [1.29, 1.82) is 0 Å². The fourth-order valence-corrected chi connectivity index (χ4v) is 3.76. The SMILES string of the molecule is O=C(CN1C(=O)COc2ccccc21)N1CC[NH+](C/C=C/c2ccccc2)CC1. The Bertz CT molecular complexity index is 889. The fraction of sp³-hybridized carbons (Fsp3) is 0.304. The average Bonchev–Trinajstić information content (AvgIpc) is 2.77. The van der Waals surface area contributed by atoms with Crippen LogP contribution in [0.25, 0.3) is 6.08 Å². The van der Waals surface area contributed by atoms with Gasteiger partial charge in [-0.05, 0) is 23.8 Å². The summed E-state index contributed by atoms with van der Waals surface area (Å²) in [6, 6.07) is 17.6. The molecule has 0 unspecified atom stereocenters. The van der Waals surface area contributed by atoms with Crippen molar-refractivity contribution in [3.05, 3.63) is 66.2 Å². The van der Waals surface area contributed by atoms with E-state index in [1.54, 1.807) is 4.90 Å². The number of nitrogens with zero attached hydrogens (tertiary/aromatic N) is 2. The van der Waals surface area contributed by atoms with Gasteiger partial charge in [-0.25, -0.2) is 0 Å². The van der Waals surface area contributed by atoms with Crippen LogP contribution in [0.1, 0.15) is 5.56 Å². The smallest absolute Gasteiger partial charge is 0.265 e. The number of hydrogen-bond donors (Lipinski definition) is 1. The van der Waals surface area contributed by atoms with E-state index in [0.717, 1.165) is 19.6 Å². The molecule has 6 nitrogen and oxygen atoms in total. The molecule has 0 spiro atoms. The summed E-state index contributed by atoms with van der Waals surface area (Å²) in [6.45, 7) is 4.27. The standard InChI is InChI=1S/C23H25N3O3/c27-22(17-26-20-10-4-5-11-21(20)29-18-23(26)28)25-15-13-24(14-16-25)12-6-9-19-7-2-1-3-8-19/h1-11H,12-18H2/p+1/b9-6+. The van der Waals surface area contributed by atoms with Crippen molar-refractivity contribution in [3.8, 4) is 5.75 Å². The van der Waals surface area contributed by atoms with Crippen LogP contribution in [-0.2, 0) is 9.59 Å². The fourth-order valence-electron chi connectivity index (χ4n) is 3.76. The molecule has 4 rings (SSSR count). The monoisotopic (exact) mass is 392 g/mol. The van der Waals surface area contributed by atoms with Crippen molar-refractivity contribution < 1.29 is 19.2 Å². The summed E-state index contributed by atoms with van der Waals surface area (Å²) in [7, 11) is 0. The molecule has 1 saturated heterocycles. The Balaban J connectivity index is 1.28. The molecule has 2 heterocycles. The van der Waals surface area contributed by atoms with Gasteiger partial charge in [0.1, 0.15) is 12.3 Å². The second-order valence-corrected chi connectivity index (χ2v) is 7.38. The van der Waals surface area contributed by atoms with E-state index in [2.05, 4.69) is 24.3 Å². The predicted octanol–water partition coefficient (Wildman–Crippen LogP) is 0.853. The molecule has 2 aliphatic rings. The van der Waals surface area contributed by atoms with E-state index in [0.29, 0.717) is 24.5 Å². The zero-order valence-corrected chi connectivity index (χ0v) is 16.4. The quantitative estimate of drug-likeness (QED) is 0.821. The van der Waals surface area contributed by atoms with Gasteiger partial charge >= 0.3 is 0 Å². The van der Waals surface area contributed by atoms with Gasteiger partial charge in [0.2, 0.25) is 5.91 Å². The van der Waals surface area contributed by atoms with Crippen molar-refractivity contribution >= 4 is 23.6 Å². The highest BCUT2D eigenvalue weighted by Gasteiger charge is 2.30. The second-order valence-electron chi connectivity index (χ2n) is 7.38. The van der Waals surface area contributed by atoms with Crippen LogP contribution in [0.2, 0.25) is 0 Å². The van der Waals surface area contributed by atoms with Gasteiger partial charge in [0.25, 0.3) is 5.91 Å². The zero-order chi connectivity index (χ0) is 20.1. The maximum absolute atomic E-state index is 12.8. The molecule has 1 fully saturated rings. The van der Waals surface area contributed by atoms with Crippen LogP contribution in [0.5, 0.6) is 5.75 Å². The Hall–Kier alpha value is -3.12. The summed E-state index contributed by atoms with van der Waals surface area (Å²) in [4.78, 5) is 30.0. The molecule has 0 bridgehead atoms. The Kier molecular flexibility index (Phi) is 5.91. The highest BCUT2D eigenvalue weighted by molar-refractivity contribution is 6.02. The van der Waals surface area contributed by atoms with Crippen LogP contribution >= 0.6 is 0 Å². The van der Waals surface area contributed by atoms with E-state index in [9.17, 15) is 9.59 Å². The van der Waals surface area contributed by atoms with Gasteiger partial charge in [0.15, 0.2) is 6.61 Å². The number of para-hydroxylation sites is 2. The summed E-state index contributed by atoms with van der Waals surface area (Å²) in [5.41, 5.74) is 1.88. The molecular weight excluding hydrogens is 366 g/mol. The highest BCUT2D eigenvalue weighted by atomic mass is 16.5. The van der Waals surface area contributed by atoms with Crippen LogP contribution in [0.15, 0.2) is 60.7 Å². The lowest BCUT2D eigenvalue weighted by Gasteiger charge is -2.34. The van der Waals surface area contributed by atoms with Gasteiger partial charge in [-0.2, -0.15) is 0 Å². The minimum absolute atomic E-state index is 0.00562. The molecule has 2 aromatic carbocycles. The number of benzene rings is 2.